The van der Waals surface area contributed by atoms with E-state index in [1.807, 2.05) is 0 Å². The van der Waals surface area contributed by atoms with E-state index < -0.39 is 0 Å². The van der Waals surface area contributed by atoms with Gasteiger partial charge in [0.25, 0.3) is 0 Å². The SMILES string of the molecule is CSc1ccc(N(c2ccc3c(c2)-c2ccccc2C32c3ccccc3-c3ccccc32)c2ccc3c(c2)C(C)(C)c2ccccc2-3)cc1. The fourth-order valence-electron chi connectivity index (χ4n) is 9.24. The van der Waals surface area contributed by atoms with Crippen molar-refractivity contribution in [3.63, 3.8) is 0 Å². The molecule has 0 heterocycles. The topological polar surface area (TPSA) is 3.24 Å². The highest BCUT2D eigenvalue weighted by Gasteiger charge is 2.51. The number of thioether (sulfide) groups is 1. The molecular weight excluding hydrogens is 611 g/mol. The summed E-state index contributed by atoms with van der Waals surface area (Å²) in [5, 5.41) is 0. The molecule has 0 saturated heterocycles. The lowest BCUT2D eigenvalue weighted by atomic mass is 9.70. The van der Waals surface area contributed by atoms with Gasteiger partial charge in [-0.2, -0.15) is 0 Å². The van der Waals surface area contributed by atoms with E-state index in [0.29, 0.717) is 0 Å². The molecule has 0 aromatic heterocycles. The van der Waals surface area contributed by atoms with E-state index in [0.717, 1.165) is 11.4 Å². The van der Waals surface area contributed by atoms with Crippen molar-refractivity contribution in [3.8, 4) is 33.4 Å². The van der Waals surface area contributed by atoms with E-state index in [9.17, 15) is 0 Å². The van der Waals surface area contributed by atoms with Crippen LogP contribution in [0.5, 0.6) is 0 Å². The molecule has 0 atom stereocenters. The zero-order valence-electron chi connectivity index (χ0n) is 27.9. The Balaban J connectivity index is 1.20. The summed E-state index contributed by atoms with van der Waals surface area (Å²) < 4.78 is 0. The molecule has 10 rings (SSSR count). The van der Waals surface area contributed by atoms with Crippen LogP contribution in [-0.2, 0) is 10.8 Å². The molecule has 1 spiro atoms. The lowest BCUT2D eigenvalue weighted by Gasteiger charge is -2.31. The summed E-state index contributed by atoms with van der Waals surface area (Å²) in [6.45, 7) is 4.73. The van der Waals surface area contributed by atoms with Crippen molar-refractivity contribution in [2.75, 3.05) is 11.2 Å². The molecular formula is C47H35NS. The third-order valence-corrected chi connectivity index (χ3v) is 12.1. The first-order chi connectivity index (χ1) is 24.0. The number of nitrogens with zero attached hydrogens (tertiary/aromatic N) is 1. The number of anilines is 3. The van der Waals surface area contributed by atoms with Gasteiger partial charge < -0.3 is 4.90 Å². The predicted molar refractivity (Wildman–Crippen MR) is 207 cm³/mol. The van der Waals surface area contributed by atoms with Gasteiger partial charge >= 0.3 is 0 Å². The Hall–Kier alpha value is -5.31. The average Bonchev–Trinajstić information content (AvgIpc) is 3.71. The van der Waals surface area contributed by atoms with Crippen molar-refractivity contribution in [1.82, 2.24) is 0 Å². The minimum Gasteiger partial charge on any atom is -0.310 e. The fourth-order valence-corrected chi connectivity index (χ4v) is 9.64. The van der Waals surface area contributed by atoms with Crippen LogP contribution in [-0.4, -0.2) is 6.26 Å². The summed E-state index contributed by atoms with van der Waals surface area (Å²) in [6, 6.07) is 59.3. The van der Waals surface area contributed by atoms with Gasteiger partial charge in [-0.1, -0.05) is 123 Å². The monoisotopic (exact) mass is 645 g/mol. The summed E-state index contributed by atoms with van der Waals surface area (Å²) in [4.78, 5) is 3.71. The second kappa shape index (κ2) is 10.3. The van der Waals surface area contributed by atoms with Crippen molar-refractivity contribution >= 4 is 28.8 Å². The van der Waals surface area contributed by atoms with Gasteiger partial charge in [-0.25, -0.2) is 0 Å². The number of rotatable bonds is 4. The van der Waals surface area contributed by atoms with Crippen LogP contribution in [0.25, 0.3) is 33.4 Å². The van der Waals surface area contributed by atoms with Crippen molar-refractivity contribution in [2.24, 2.45) is 0 Å². The molecule has 0 radical (unpaired) electrons. The Morgan fingerprint density at radius 3 is 1.41 bits per heavy atom. The molecule has 0 amide bonds. The summed E-state index contributed by atoms with van der Waals surface area (Å²) in [6.07, 6.45) is 2.14. The maximum absolute atomic E-state index is 2.45. The van der Waals surface area contributed by atoms with Gasteiger partial charge in [-0.15, -0.1) is 11.8 Å². The van der Waals surface area contributed by atoms with Crippen LogP contribution in [0.3, 0.4) is 0 Å². The van der Waals surface area contributed by atoms with Gasteiger partial charge in [0.15, 0.2) is 0 Å². The van der Waals surface area contributed by atoms with Gasteiger partial charge in [0.1, 0.15) is 0 Å². The molecule has 49 heavy (non-hydrogen) atoms. The largest absolute Gasteiger partial charge is 0.310 e. The number of hydrogen-bond donors (Lipinski definition) is 0. The Morgan fingerprint density at radius 1 is 0.388 bits per heavy atom. The number of fused-ring (bicyclic) bond motifs is 13. The van der Waals surface area contributed by atoms with Crippen LogP contribution >= 0.6 is 11.8 Å². The molecule has 234 valence electrons. The standard InChI is InChI=1S/C47H35NS/c1-46(2)40-16-8-4-12-34(40)38-26-22-32(29-45(38)46)48(30-20-24-33(49-3)25-21-30)31-23-27-44-39(28-31)37-15-7-11-19-43(37)47(44)41-17-9-5-13-35(41)36-14-6-10-18-42(36)47/h4-29H,1-3H3. The zero-order chi connectivity index (χ0) is 32.9. The van der Waals surface area contributed by atoms with Crippen LogP contribution in [0, 0.1) is 0 Å². The second-order valence-corrected chi connectivity index (χ2v) is 14.9. The van der Waals surface area contributed by atoms with Gasteiger partial charge in [0.05, 0.1) is 5.41 Å². The molecule has 0 unspecified atom stereocenters. The Kier molecular flexibility index (Phi) is 6.05. The minimum atomic E-state index is -0.341. The minimum absolute atomic E-state index is 0.0805. The van der Waals surface area contributed by atoms with E-state index in [-0.39, 0.29) is 10.8 Å². The quantitative estimate of drug-likeness (QED) is 0.175. The first-order valence-electron chi connectivity index (χ1n) is 17.1. The van der Waals surface area contributed by atoms with Crippen molar-refractivity contribution in [2.45, 2.75) is 29.6 Å². The molecule has 0 N–H and O–H groups in total. The maximum Gasteiger partial charge on any atom is 0.0725 e. The summed E-state index contributed by atoms with van der Waals surface area (Å²) in [5.74, 6) is 0. The lowest BCUT2D eigenvalue weighted by molar-refractivity contribution is 0.660. The van der Waals surface area contributed by atoms with E-state index in [2.05, 4.69) is 183 Å². The van der Waals surface area contributed by atoms with Crippen molar-refractivity contribution < 1.29 is 0 Å². The Labute approximate surface area is 292 Å². The molecule has 1 nitrogen and oxygen atoms in total. The van der Waals surface area contributed by atoms with E-state index in [4.69, 9.17) is 0 Å². The van der Waals surface area contributed by atoms with Crippen molar-refractivity contribution in [3.05, 3.63) is 191 Å². The van der Waals surface area contributed by atoms with Crippen LogP contribution in [0.15, 0.2) is 163 Å². The number of hydrogen-bond acceptors (Lipinski definition) is 2. The molecule has 2 heteroatoms. The molecule has 0 fully saturated rings. The van der Waals surface area contributed by atoms with E-state index in [1.54, 1.807) is 11.8 Å². The first kappa shape index (κ1) is 28.7. The molecule has 3 aliphatic rings. The number of benzene rings is 7. The molecule has 0 bridgehead atoms. The highest BCUT2D eigenvalue weighted by Crippen LogP contribution is 2.63. The van der Waals surface area contributed by atoms with Gasteiger partial charge in [0, 0.05) is 27.4 Å². The highest BCUT2D eigenvalue weighted by molar-refractivity contribution is 7.98. The average molecular weight is 646 g/mol. The highest BCUT2D eigenvalue weighted by atomic mass is 32.2. The third-order valence-electron chi connectivity index (χ3n) is 11.4. The third kappa shape index (κ3) is 3.78. The molecule has 7 aromatic rings. The Bertz CT molecular complexity index is 2420. The predicted octanol–water partition coefficient (Wildman–Crippen LogP) is 12.5. The van der Waals surface area contributed by atoms with Gasteiger partial charge in [-0.05, 0) is 122 Å². The molecule has 0 saturated carbocycles. The summed E-state index contributed by atoms with van der Waals surface area (Å²) in [7, 11) is 0. The zero-order valence-corrected chi connectivity index (χ0v) is 28.7. The van der Waals surface area contributed by atoms with Gasteiger partial charge in [-0.3, -0.25) is 0 Å². The van der Waals surface area contributed by atoms with E-state index >= 15 is 0 Å². The van der Waals surface area contributed by atoms with Crippen LogP contribution < -0.4 is 4.90 Å². The molecule has 7 aromatic carbocycles. The smallest absolute Gasteiger partial charge is 0.0725 e. The summed E-state index contributed by atoms with van der Waals surface area (Å²) in [5.41, 5.74) is 19.3. The van der Waals surface area contributed by atoms with Gasteiger partial charge in [0.2, 0.25) is 0 Å². The second-order valence-electron chi connectivity index (χ2n) is 14.1. The lowest BCUT2D eigenvalue weighted by Crippen LogP contribution is -2.25. The van der Waals surface area contributed by atoms with E-state index in [1.165, 1.54) is 77.3 Å². The maximum atomic E-state index is 2.45. The van der Waals surface area contributed by atoms with Crippen LogP contribution in [0.1, 0.15) is 47.2 Å². The first-order valence-corrected chi connectivity index (χ1v) is 18.4. The molecule has 0 aliphatic heterocycles. The fraction of sp³-hybridized carbons (Fsp3) is 0.106. The van der Waals surface area contributed by atoms with Crippen molar-refractivity contribution in [1.29, 1.82) is 0 Å². The normalized spacial score (nSPS) is 14.8. The van der Waals surface area contributed by atoms with Crippen LogP contribution in [0.2, 0.25) is 0 Å². The molecule has 3 aliphatic carbocycles. The Morgan fingerprint density at radius 2 is 0.816 bits per heavy atom. The van der Waals surface area contributed by atoms with Crippen LogP contribution in [0.4, 0.5) is 17.1 Å². The summed E-state index contributed by atoms with van der Waals surface area (Å²) >= 11 is 1.78.